The van der Waals surface area contributed by atoms with Crippen molar-refractivity contribution in [3.63, 3.8) is 0 Å². The quantitative estimate of drug-likeness (QED) is 0.653. The number of furan rings is 1. The number of hydrogen-bond acceptors (Lipinski definition) is 4. The van der Waals surface area contributed by atoms with Crippen molar-refractivity contribution >= 4 is 23.4 Å². The number of hydrogen-bond donors (Lipinski definition) is 2. The van der Waals surface area contributed by atoms with Crippen LogP contribution in [0.25, 0.3) is 0 Å². The van der Waals surface area contributed by atoms with Crippen molar-refractivity contribution in [2.45, 2.75) is 12.5 Å². The average Bonchev–Trinajstić information content (AvgIpc) is 3.32. The minimum absolute atomic E-state index is 0.126. The molecule has 0 fully saturated rings. The summed E-state index contributed by atoms with van der Waals surface area (Å²) < 4.78 is 6.86. The molecule has 7 nitrogen and oxygen atoms in total. The molecule has 0 aliphatic rings. The van der Waals surface area contributed by atoms with Gasteiger partial charge in [0.15, 0.2) is 5.76 Å². The number of nitrogens with one attached hydrogen (secondary N) is 2. The molecule has 1 aromatic carbocycles. The first-order chi connectivity index (χ1) is 13.0. The molecule has 0 bridgehead atoms. The molecule has 0 spiro atoms. The SMILES string of the molecule is Cn1ccnc1[C@H](NC(=O)CCNC(=O)c1ccco1)c1ccc(Cl)cc1. The van der Waals surface area contributed by atoms with Gasteiger partial charge >= 0.3 is 0 Å². The number of carbonyl (C=O) groups excluding carboxylic acids is 2. The molecule has 27 heavy (non-hydrogen) atoms. The molecule has 0 unspecified atom stereocenters. The van der Waals surface area contributed by atoms with E-state index in [4.69, 9.17) is 16.0 Å². The topological polar surface area (TPSA) is 89.2 Å². The Morgan fingerprint density at radius 2 is 2.04 bits per heavy atom. The third-order valence-electron chi connectivity index (χ3n) is 4.01. The lowest BCUT2D eigenvalue weighted by molar-refractivity contribution is -0.121. The maximum atomic E-state index is 12.4. The summed E-state index contributed by atoms with van der Waals surface area (Å²) in [6.07, 6.45) is 5.04. The third-order valence-corrected chi connectivity index (χ3v) is 4.26. The molecular weight excluding hydrogens is 368 g/mol. The van der Waals surface area contributed by atoms with Crippen LogP contribution in [0.3, 0.4) is 0 Å². The van der Waals surface area contributed by atoms with Crippen LogP contribution >= 0.6 is 11.6 Å². The normalized spacial score (nSPS) is 11.8. The van der Waals surface area contributed by atoms with E-state index < -0.39 is 6.04 Å². The Labute approximate surface area is 161 Å². The zero-order valence-electron chi connectivity index (χ0n) is 14.7. The van der Waals surface area contributed by atoms with Crippen molar-refractivity contribution in [3.8, 4) is 0 Å². The molecule has 0 aliphatic heterocycles. The van der Waals surface area contributed by atoms with E-state index in [1.165, 1.54) is 6.26 Å². The van der Waals surface area contributed by atoms with Crippen molar-refractivity contribution in [1.82, 2.24) is 20.2 Å². The fourth-order valence-corrected chi connectivity index (χ4v) is 2.75. The fraction of sp³-hybridized carbons (Fsp3) is 0.211. The summed E-state index contributed by atoms with van der Waals surface area (Å²) in [6.45, 7) is 0.194. The van der Waals surface area contributed by atoms with Crippen molar-refractivity contribution in [1.29, 1.82) is 0 Å². The summed E-state index contributed by atoms with van der Waals surface area (Å²) in [7, 11) is 1.86. The highest BCUT2D eigenvalue weighted by atomic mass is 35.5. The van der Waals surface area contributed by atoms with Crippen molar-refractivity contribution < 1.29 is 14.0 Å². The molecule has 2 aromatic heterocycles. The Kier molecular flexibility index (Phi) is 5.93. The van der Waals surface area contributed by atoms with Gasteiger partial charge < -0.3 is 19.6 Å². The Hall–Kier alpha value is -3.06. The van der Waals surface area contributed by atoms with Crippen LogP contribution in [0.1, 0.15) is 34.4 Å². The predicted molar refractivity (Wildman–Crippen MR) is 100 cm³/mol. The number of aryl methyl sites for hydroxylation is 1. The monoisotopic (exact) mass is 386 g/mol. The Balaban J connectivity index is 1.63. The molecule has 2 N–H and O–H groups in total. The van der Waals surface area contributed by atoms with Gasteiger partial charge in [0.2, 0.25) is 5.91 Å². The lowest BCUT2D eigenvalue weighted by Gasteiger charge is -2.19. The van der Waals surface area contributed by atoms with Crippen LogP contribution in [0.15, 0.2) is 59.5 Å². The second kappa shape index (κ2) is 8.55. The molecule has 0 aliphatic carbocycles. The van der Waals surface area contributed by atoms with Gasteiger partial charge in [0.1, 0.15) is 11.9 Å². The number of rotatable bonds is 7. The molecule has 0 saturated carbocycles. The van der Waals surface area contributed by atoms with Crippen LogP contribution in [0.5, 0.6) is 0 Å². The van der Waals surface area contributed by atoms with Crippen LogP contribution in [-0.4, -0.2) is 27.9 Å². The lowest BCUT2D eigenvalue weighted by Crippen LogP contribution is -2.34. The van der Waals surface area contributed by atoms with E-state index in [1.807, 2.05) is 29.9 Å². The second-order valence-corrected chi connectivity index (χ2v) is 6.37. The molecule has 8 heteroatoms. The van der Waals surface area contributed by atoms with Crippen LogP contribution in [0, 0.1) is 0 Å². The largest absolute Gasteiger partial charge is 0.459 e. The molecule has 3 aromatic rings. The zero-order chi connectivity index (χ0) is 19.2. The number of nitrogens with zero attached hydrogens (tertiary/aromatic N) is 2. The van der Waals surface area contributed by atoms with E-state index in [0.717, 1.165) is 5.56 Å². The Bertz CT molecular complexity index is 903. The highest BCUT2D eigenvalue weighted by Crippen LogP contribution is 2.22. The van der Waals surface area contributed by atoms with E-state index in [-0.39, 0.29) is 30.5 Å². The third kappa shape index (κ3) is 4.77. The summed E-state index contributed by atoms with van der Waals surface area (Å²) in [4.78, 5) is 28.6. The van der Waals surface area contributed by atoms with Gasteiger partial charge in [-0.3, -0.25) is 9.59 Å². The van der Waals surface area contributed by atoms with Gasteiger partial charge in [-0.1, -0.05) is 23.7 Å². The van der Waals surface area contributed by atoms with E-state index in [2.05, 4.69) is 15.6 Å². The van der Waals surface area contributed by atoms with Gasteiger partial charge in [-0.15, -0.1) is 0 Å². The highest BCUT2D eigenvalue weighted by Gasteiger charge is 2.20. The van der Waals surface area contributed by atoms with E-state index >= 15 is 0 Å². The number of benzene rings is 1. The molecule has 2 amide bonds. The fourth-order valence-electron chi connectivity index (χ4n) is 2.63. The van der Waals surface area contributed by atoms with Crippen LogP contribution in [0.4, 0.5) is 0 Å². The van der Waals surface area contributed by atoms with Gasteiger partial charge in [-0.2, -0.15) is 0 Å². The first-order valence-electron chi connectivity index (χ1n) is 8.38. The summed E-state index contributed by atoms with van der Waals surface area (Å²) >= 11 is 5.96. The van der Waals surface area contributed by atoms with Gasteiger partial charge in [0.05, 0.1) is 6.26 Å². The first-order valence-corrected chi connectivity index (χ1v) is 8.76. The molecule has 0 saturated heterocycles. The van der Waals surface area contributed by atoms with Gasteiger partial charge in [0, 0.05) is 37.4 Å². The number of imidazole rings is 1. The minimum Gasteiger partial charge on any atom is -0.459 e. The molecule has 140 valence electrons. The minimum atomic E-state index is -0.421. The molecular formula is C19H19ClN4O3. The van der Waals surface area contributed by atoms with Crippen molar-refractivity contribution in [3.05, 3.63) is 77.2 Å². The molecule has 1 atom stereocenters. The average molecular weight is 387 g/mol. The molecule has 2 heterocycles. The van der Waals surface area contributed by atoms with Crippen LogP contribution in [0.2, 0.25) is 5.02 Å². The maximum absolute atomic E-state index is 12.4. The molecule has 3 rings (SSSR count). The van der Waals surface area contributed by atoms with Crippen LogP contribution < -0.4 is 10.6 Å². The van der Waals surface area contributed by atoms with Gasteiger partial charge in [0.25, 0.3) is 5.91 Å². The van der Waals surface area contributed by atoms with E-state index in [0.29, 0.717) is 10.8 Å². The standard InChI is InChI=1S/C19H19ClN4O3/c1-24-11-10-21-18(24)17(13-4-6-14(20)7-5-13)23-16(25)8-9-22-19(26)15-3-2-12-27-15/h2-7,10-12,17H,8-9H2,1H3,(H,22,26)(H,23,25)/t17-/m1/s1. The van der Waals surface area contributed by atoms with Crippen LogP contribution in [-0.2, 0) is 11.8 Å². The van der Waals surface area contributed by atoms with E-state index in [9.17, 15) is 9.59 Å². The van der Waals surface area contributed by atoms with Gasteiger partial charge in [-0.05, 0) is 29.8 Å². The summed E-state index contributed by atoms with van der Waals surface area (Å²) in [5.41, 5.74) is 0.863. The summed E-state index contributed by atoms with van der Waals surface area (Å²) in [5, 5.41) is 6.23. The van der Waals surface area contributed by atoms with Gasteiger partial charge in [-0.25, -0.2) is 4.98 Å². The first kappa shape index (κ1) is 18.7. The number of amides is 2. The lowest BCUT2D eigenvalue weighted by atomic mass is 10.1. The summed E-state index contributed by atoms with van der Waals surface area (Å²) in [5.74, 6) is 0.344. The number of carbonyl (C=O) groups is 2. The Morgan fingerprint density at radius 3 is 2.67 bits per heavy atom. The number of halogens is 1. The highest BCUT2D eigenvalue weighted by molar-refractivity contribution is 6.30. The second-order valence-electron chi connectivity index (χ2n) is 5.93. The predicted octanol–water partition coefficient (Wildman–Crippen LogP) is 2.69. The summed E-state index contributed by atoms with van der Waals surface area (Å²) in [6, 6.07) is 10.0. The van der Waals surface area contributed by atoms with E-state index in [1.54, 1.807) is 30.5 Å². The molecule has 0 radical (unpaired) electrons. The number of aromatic nitrogens is 2. The Morgan fingerprint density at radius 1 is 1.26 bits per heavy atom. The van der Waals surface area contributed by atoms with Crippen molar-refractivity contribution in [2.24, 2.45) is 7.05 Å². The van der Waals surface area contributed by atoms with Crippen molar-refractivity contribution in [2.75, 3.05) is 6.54 Å². The smallest absolute Gasteiger partial charge is 0.286 e. The maximum Gasteiger partial charge on any atom is 0.286 e. The zero-order valence-corrected chi connectivity index (χ0v) is 15.4.